The average molecular weight is 578 g/mol. The van der Waals surface area contributed by atoms with Crippen LogP contribution in [0.1, 0.15) is 39.4 Å². The highest BCUT2D eigenvalue weighted by atomic mass is 32.2. The van der Waals surface area contributed by atoms with Gasteiger partial charge in [-0.3, -0.25) is 9.78 Å². The minimum Gasteiger partial charge on any atom is -0.396 e. The van der Waals surface area contributed by atoms with E-state index in [-0.39, 0.29) is 31.5 Å². The zero-order valence-electron chi connectivity index (χ0n) is 22.0. The van der Waals surface area contributed by atoms with E-state index in [0.717, 1.165) is 5.56 Å². The molecule has 0 radical (unpaired) electrons. The Bertz CT molecular complexity index is 1580. The molecule has 2 N–H and O–H groups in total. The maximum absolute atomic E-state index is 13.4. The predicted molar refractivity (Wildman–Crippen MR) is 145 cm³/mol. The van der Waals surface area contributed by atoms with Crippen molar-refractivity contribution < 1.29 is 44.5 Å². The highest BCUT2D eigenvalue weighted by molar-refractivity contribution is 7.91. The summed E-state index contributed by atoms with van der Waals surface area (Å²) >= 11 is 0. The van der Waals surface area contributed by atoms with Crippen LogP contribution in [0.15, 0.2) is 59.5 Å². The van der Waals surface area contributed by atoms with Crippen LogP contribution < -0.4 is 9.47 Å². The van der Waals surface area contributed by atoms with Gasteiger partial charge in [-0.1, -0.05) is 31.2 Å². The maximum Gasteiger partial charge on any atom is 0.586 e. The van der Waals surface area contributed by atoms with Gasteiger partial charge in [-0.05, 0) is 61.2 Å². The Morgan fingerprint density at radius 3 is 2.30 bits per heavy atom. The summed E-state index contributed by atoms with van der Waals surface area (Å²) in [7, 11) is -3.76. The first kappa shape index (κ1) is 28.1. The quantitative estimate of drug-likeness (QED) is 0.362. The summed E-state index contributed by atoms with van der Waals surface area (Å²) in [6.45, 7) is 2.41. The highest BCUT2D eigenvalue weighted by Crippen LogP contribution is 2.52. The number of nitrogens with zero attached hydrogens (tertiary/aromatic N) is 1. The minimum atomic E-state index is -3.76. The summed E-state index contributed by atoms with van der Waals surface area (Å²) < 4.78 is 61.6. The molecular formula is C29H33F2NO7S. The predicted octanol–water partition coefficient (Wildman–Crippen LogP) is 4.48. The number of aliphatic hydroxyl groups is 2. The smallest absolute Gasteiger partial charge is 0.396 e. The second kappa shape index (κ2) is 9.90. The van der Waals surface area contributed by atoms with Crippen LogP contribution in [0.3, 0.4) is 0 Å². The number of Topliss-reactive ketones (excluding diaryl/α,β-unsaturated/α-hetero) is 1. The molecule has 2 aromatic carbocycles. The number of ketones is 1. The van der Waals surface area contributed by atoms with E-state index < -0.39 is 45.9 Å². The lowest BCUT2D eigenvalue weighted by Crippen LogP contribution is -2.34. The molecule has 3 aromatic rings. The summed E-state index contributed by atoms with van der Waals surface area (Å²) in [4.78, 5) is 18.2. The van der Waals surface area contributed by atoms with Crippen LogP contribution in [-0.2, 0) is 26.5 Å². The van der Waals surface area contributed by atoms with Crippen molar-refractivity contribution in [1.82, 2.24) is 4.98 Å². The van der Waals surface area contributed by atoms with Crippen molar-refractivity contribution in [1.29, 1.82) is 0 Å². The van der Waals surface area contributed by atoms with Gasteiger partial charge in [0.25, 0.3) is 0 Å². The summed E-state index contributed by atoms with van der Waals surface area (Å²) in [5.74, 6) is -0.663. The Labute approximate surface area is 233 Å². The van der Waals surface area contributed by atoms with Gasteiger partial charge in [-0.15, -0.1) is 8.78 Å². The van der Waals surface area contributed by atoms with Crippen molar-refractivity contribution in [3.05, 3.63) is 71.4 Å². The van der Waals surface area contributed by atoms with E-state index in [9.17, 15) is 32.2 Å². The number of aryl methyl sites for hydroxylation is 1. The van der Waals surface area contributed by atoms with Crippen molar-refractivity contribution in [3.63, 3.8) is 0 Å². The molecule has 1 aromatic heterocycles. The SMILES string of the molecule is Cc1ccc(CC(=O)C2(c3ccc4c(c3)OC(F)(F)O4)CC2)nc1-c1ccc(S(=O)(=O)CC(C)(CO)CO)cc1.[HH].[HH]. The van der Waals surface area contributed by atoms with Crippen LogP contribution in [0.4, 0.5) is 8.78 Å². The molecule has 1 fully saturated rings. The number of fused-ring (bicyclic) bond motifs is 1. The minimum absolute atomic E-state index is 0. The second-order valence-corrected chi connectivity index (χ2v) is 12.9. The normalized spacial score (nSPS) is 17.1. The first-order chi connectivity index (χ1) is 18.8. The number of carbonyl (C=O) groups is 1. The molecule has 0 atom stereocenters. The summed E-state index contributed by atoms with van der Waals surface area (Å²) in [6, 6.07) is 14.2. The number of aromatic nitrogens is 1. The number of hydrogen-bond donors (Lipinski definition) is 2. The van der Waals surface area contributed by atoms with E-state index in [1.165, 1.54) is 31.2 Å². The molecule has 2 heterocycles. The summed E-state index contributed by atoms with van der Waals surface area (Å²) in [6.07, 6.45) is -2.53. The maximum atomic E-state index is 13.4. The van der Waals surface area contributed by atoms with E-state index in [0.29, 0.717) is 35.4 Å². The molecule has 40 heavy (non-hydrogen) atoms. The zero-order chi connectivity index (χ0) is 28.9. The van der Waals surface area contributed by atoms with E-state index >= 15 is 0 Å². The lowest BCUT2D eigenvalue weighted by atomic mass is 9.88. The van der Waals surface area contributed by atoms with Crippen LogP contribution in [-0.4, -0.2) is 54.7 Å². The number of ether oxygens (including phenoxy) is 2. The van der Waals surface area contributed by atoms with Gasteiger partial charge < -0.3 is 19.7 Å². The molecule has 5 rings (SSSR count). The molecule has 8 nitrogen and oxygen atoms in total. The van der Waals surface area contributed by atoms with E-state index in [4.69, 9.17) is 4.98 Å². The third-order valence-electron chi connectivity index (χ3n) is 7.52. The van der Waals surface area contributed by atoms with Gasteiger partial charge in [-0.2, -0.15) is 0 Å². The van der Waals surface area contributed by atoms with Gasteiger partial charge >= 0.3 is 6.29 Å². The molecule has 0 bridgehead atoms. The molecule has 11 heteroatoms. The van der Waals surface area contributed by atoms with E-state index in [1.54, 1.807) is 24.3 Å². The van der Waals surface area contributed by atoms with Crippen molar-refractivity contribution >= 4 is 15.6 Å². The Kier molecular flexibility index (Phi) is 6.96. The van der Waals surface area contributed by atoms with Gasteiger partial charge in [0.15, 0.2) is 21.3 Å². The number of alkyl halides is 2. The standard InChI is InChI=1S/C29H29F2NO7S.2H2/c1-18-3-7-21(14-25(35)28(11-12-28)20-6-10-23-24(13-20)39-29(30,31)38-23)32-26(18)19-4-8-22(9-5-19)40(36,37)17-27(2,15-33)16-34;;/h3-10,13,33-34H,11-12,14-17H2,1-2H3;2*1H. The second-order valence-electron chi connectivity index (χ2n) is 10.9. The number of benzene rings is 2. The number of sulfone groups is 1. The monoisotopic (exact) mass is 577 g/mol. The molecule has 0 amide bonds. The molecule has 0 unspecified atom stereocenters. The number of aliphatic hydroxyl groups excluding tert-OH is 2. The van der Waals surface area contributed by atoms with Crippen molar-refractivity contribution in [2.75, 3.05) is 19.0 Å². The van der Waals surface area contributed by atoms with Crippen LogP contribution in [0.25, 0.3) is 11.3 Å². The topological polar surface area (TPSA) is 123 Å². The van der Waals surface area contributed by atoms with Crippen molar-refractivity contribution in [3.8, 4) is 22.8 Å². The van der Waals surface area contributed by atoms with Gasteiger partial charge in [0.05, 0.1) is 35.0 Å². The number of pyridine rings is 1. The fraction of sp³-hybridized carbons (Fsp3) is 0.379. The first-order valence-corrected chi connectivity index (χ1v) is 14.4. The fourth-order valence-electron chi connectivity index (χ4n) is 4.90. The van der Waals surface area contributed by atoms with Crippen LogP contribution in [0.2, 0.25) is 0 Å². The Balaban J connectivity index is 0.00000242. The Hall–Kier alpha value is -3.41. The third kappa shape index (κ3) is 5.33. The van der Waals surface area contributed by atoms with Gasteiger partial charge in [0.2, 0.25) is 0 Å². The zero-order valence-corrected chi connectivity index (χ0v) is 22.8. The molecule has 1 aliphatic carbocycles. The fourth-order valence-corrected chi connectivity index (χ4v) is 6.71. The largest absolute Gasteiger partial charge is 0.586 e. The van der Waals surface area contributed by atoms with Crippen LogP contribution in [0, 0.1) is 12.3 Å². The number of carbonyl (C=O) groups excluding carboxylic acids is 1. The molecule has 2 aliphatic rings. The van der Waals surface area contributed by atoms with Gasteiger partial charge in [0, 0.05) is 25.9 Å². The van der Waals surface area contributed by atoms with Gasteiger partial charge in [0.1, 0.15) is 5.78 Å². The van der Waals surface area contributed by atoms with E-state index in [2.05, 4.69) is 9.47 Å². The number of hydrogen-bond acceptors (Lipinski definition) is 8. The van der Waals surface area contributed by atoms with Crippen LogP contribution >= 0.6 is 0 Å². The van der Waals surface area contributed by atoms with Gasteiger partial charge in [-0.25, -0.2) is 8.42 Å². The molecule has 1 aliphatic heterocycles. The molecule has 0 spiro atoms. The lowest BCUT2D eigenvalue weighted by Gasteiger charge is -2.24. The summed E-state index contributed by atoms with van der Waals surface area (Å²) in [5, 5.41) is 19.0. The van der Waals surface area contributed by atoms with Crippen molar-refractivity contribution in [2.45, 2.75) is 49.7 Å². The first-order valence-electron chi connectivity index (χ1n) is 12.7. The third-order valence-corrected chi connectivity index (χ3v) is 9.59. The Morgan fingerprint density at radius 1 is 1.02 bits per heavy atom. The Morgan fingerprint density at radius 2 is 1.68 bits per heavy atom. The number of rotatable bonds is 10. The lowest BCUT2D eigenvalue weighted by molar-refractivity contribution is -0.286. The van der Waals surface area contributed by atoms with Crippen LogP contribution in [0.5, 0.6) is 11.5 Å². The molecule has 0 saturated heterocycles. The molecule has 216 valence electrons. The van der Waals surface area contributed by atoms with E-state index in [1.807, 2.05) is 13.0 Å². The van der Waals surface area contributed by atoms with Crippen molar-refractivity contribution in [2.24, 2.45) is 5.41 Å². The highest BCUT2D eigenvalue weighted by Gasteiger charge is 2.52. The molecule has 1 saturated carbocycles. The average Bonchev–Trinajstić information content (AvgIpc) is 3.66. The summed E-state index contributed by atoms with van der Waals surface area (Å²) in [5.41, 5.74) is 1.26. The number of halogens is 2. The molecular weight excluding hydrogens is 544 g/mol.